The molecule has 0 radical (unpaired) electrons. The number of aliphatic hydroxyl groups excluding tert-OH is 1. The van der Waals surface area contributed by atoms with E-state index in [4.69, 9.17) is 4.74 Å². The number of pyridine rings is 1. The van der Waals surface area contributed by atoms with Gasteiger partial charge >= 0.3 is 0 Å². The van der Waals surface area contributed by atoms with Crippen molar-refractivity contribution in [2.75, 3.05) is 13.2 Å². The fourth-order valence-electron chi connectivity index (χ4n) is 3.68. The second kappa shape index (κ2) is 4.85. The highest BCUT2D eigenvalue weighted by atomic mass is 16.5. The van der Waals surface area contributed by atoms with Crippen LogP contribution in [0.15, 0.2) is 24.5 Å². The number of ether oxygens (including phenoxy) is 1. The number of nitrogens with zero attached hydrogens (tertiary/aromatic N) is 1. The van der Waals surface area contributed by atoms with Crippen molar-refractivity contribution in [2.45, 2.75) is 38.5 Å². The summed E-state index contributed by atoms with van der Waals surface area (Å²) in [5.41, 5.74) is 1.08. The van der Waals surface area contributed by atoms with Crippen LogP contribution in [0.2, 0.25) is 0 Å². The molecule has 1 saturated heterocycles. The Balaban J connectivity index is 1.58. The molecule has 2 aliphatic rings. The zero-order valence-corrected chi connectivity index (χ0v) is 11.5. The predicted octanol–water partition coefficient (Wildman–Crippen LogP) is 1.52. The maximum atomic E-state index is 10.2. The molecule has 1 saturated carbocycles. The Hall–Kier alpha value is -0.970. The molecule has 2 heterocycles. The Bertz CT molecular complexity index is 435. The normalized spacial score (nSPS) is 33.5. The highest BCUT2D eigenvalue weighted by Gasteiger charge is 2.58. The summed E-state index contributed by atoms with van der Waals surface area (Å²) < 4.78 is 5.78. The van der Waals surface area contributed by atoms with Crippen molar-refractivity contribution in [1.29, 1.82) is 0 Å². The molecule has 0 amide bonds. The Morgan fingerprint density at radius 1 is 1.47 bits per heavy atom. The predicted molar refractivity (Wildman–Crippen MR) is 72.6 cm³/mol. The fourth-order valence-corrected chi connectivity index (χ4v) is 3.68. The van der Waals surface area contributed by atoms with Gasteiger partial charge in [-0.1, -0.05) is 13.8 Å². The van der Waals surface area contributed by atoms with Crippen molar-refractivity contribution in [3.05, 3.63) is 30.1 Å². The minimum Gasteiger partial charge on any atom is -0.387 e. The number of nitrogens with one attached hydrogen (secondary N) is 1. The highest BCUT2D eigenvalue weighted by Crippen LogP contribution is 2.52. The summed E-state index contributed by atoms with van der Waals surface area (Å²) >= 11 is 0. The molecule has 4 heteroatoms. The van der Waals surface area contributed by atoms with Gasteiger partial charge in [0.1, 0.15) is 0 Å². The van der Waals surface area contributed by atoms with Crippen molar-refractivity contribution in [3.8, 4) is 0 Å². The van der Waals surface area contributed by atoms with Crippen LogP contribution in [0.1, 0.15) is 31.9 Å². The molecule has 4 unspecified atom stereocenters. The Morgan fingerprint density at radius 2 is 2.21 bits per heavy atom. The number of rotatable bonds is 4. The van der Waals surface area contributed by atoms with E-state index >= 15 is 0 Å². The second-order valence-electron chi connectivity index (χ2n) is 6.25. The van der Waals surface area contributed by atoms with Crippen molar-refractivity contribution >= 4 is 0 Å². The summed E-state index contributed by atoms with van der Waals surface area (Å²) in [5.74, 6) is 0.611. The number of hydrogen-bond donors (Lipinski definition) is 2. The van der Waals surface area contributed by atoms with E-state index in [1.54, 1.807) is 12.4 Å². The van der Waals surface area contributed by atoms with Gasteiger partial charge in [-0.15, -0.1) is 0 Å². The lowest BCUT2D eigenvalue weighted by Gasteiger charge is -2.55. The van der Waals surface area contributed by atoms with Gasteiger partial charge in [-0.25, -0.2) is 0 Å². The van der Waals surface area contributed by atoms with Crippen molar-refractivity contribution in [3.63, 3.8) is 0 Å². The van der Waals surface area contributed by atoms with E-state index in [9.17, 15) is 5.11 Å². The van der Waals surface area contributed by atoms with Crippen LogP contribution in [-0.2, 0) is 4.74 Å². The zero-order valence-electron chi connectivity index (χ0n) is 11.5. The van der Waals surface area contributed by atoms with Gasteiger partial charge in [0, 0.05) is 42.9 Å². The summed E-state index contributed by atoms with van der Waals surface area (Å²) in [6, 6.07) is 4.16. The minimum atomic E-state index is -0.472. The smallest absolute Gasteiger partial charge is 0.0915 e. The van der Waals surface area contributed by atoms with E-state index in [0.29, 0.717) is 24.6 Å². The standard InChI is InChI=1S/C15H22N2O2/c1-15(2)13(11-5-8-19-14(11)15)17-9-12(18)10-3-6-16-7-4-10/h3-4,6-7,11-14,17-18H,5,8-9H2,1-2H3. The molecule has 1 aliphatic heterocycles. The largest absolute Gasteiger partial charge is 0.387 e. The Labute approximate surface area is 114 Å². The van der Waals surface area contributed by atoms with E-state index < -0.39 is 6.10 Å². The Kier molecular flexibility index (Phi) is 3.33. The van der Waals surface area contributed by atoms with Gasteiger partial charge in [0.15, 0.2) is 0 Å². The maximum Gasteiger partial charge on any atom is 0.0915 e. The van der Waals surface area contributed by atoms with E-state index in [-0.39, 0.29) is 5.41 Å². The molecule has 3 rings (SSSR count). The molecule has 104 valence electrons. The molecular formula is C15H22N2O2. The van der Waals surface area contributed by atoms with Gasteiger partial charge in [0.25, 0.3) is 0 Å². The molecule has 2 N–H and O–H groups in total. The summed E-state index contributed by atoms with van der Waals surface area (Å²) in [6.07, 6.45) is 4.49. The van der Waals surface area contributed by atoms with Gasteiger partial charge in [0.2, 0.25) is 0 Å². The van der Waals surface area contributed by atoms with Gasteiger partial charge in [-0.05, 0) is 24.1 Å². The molecule has 4 nitrogen and oxygen atoms in total. The number of aliphatic hydroxyl groups is 1. The molecule has 0 aromatic carbocycles. The third-order valence-corrected chi connectivity index (χ3v) is 4.72. The molecule has 0 bridgehead atoms. The third-order valence-electron chi connectivity index (χ3n) is 4.72. The van der Waals surface area contributed by atoms with Crippen molar-refractivity contribution in [2.24, 2.45) is 11.3 Å². The summed E-state index contributed by atoms with van der Waals surface area (Å²) in [5, 5.41) is 13.7. The molecule has 0 spiro atoms. The van der Waals surface area contributed by atoms with Crippen LogP contribution in [0.5, 0.6) is 0 Å². The Morgan fingerprint density at radius 3 is 2.95 bits per heavy atom. The average Bonchev–Trinajstić information content (AvgIpc) is 2.86. The van der Waals surface area contributed by atoms with Crippen molar-refractivity contribution in [1.82, 2.24) is 10.3 Å². The van der Waals surface area contributed by atoms with Crippen LogP contribution in [0.4, 0.5) is 0 Å². The van der Waals surface area contributed by atoms with Crippen LogP contribution in [0.25, 0.3) is 0 Å². The van der Waals surface area contributed by atoms with Crippen LogP contribution in [-0.4, -0.2) is 35.4 Å². The van der Waals surface area contributed by atoms with Crippen LogP contribution < -0.4 is 5.32 Å². The van der Waals surface area contributed by atoms with Crippen LogP contribution in [0.3, 0.4) is 0 Å². The fraction of sp³-hybridized carbons (Fsp3) is 0.667. The van der Waals surface area contributed by atoms with E-state index in [1.165, 1.54) is 0 Å². The number of fused-ring (bicyclic) bond motifs is 1. The van der Waals surface area contributed by atoms with Gasteiger partial charge < -0.3 is 15.2 Å². The van der Waals surface area contributed by atoms with Gasteiger partial charge in [-0.3, -0.25) is 4.98 Å². The monoisotopic (exact) mass is 262 g/mol. The van der Waals surface area contributed by atoms with E-state index in [2.05, 4.69) is 24.1 Å². The van der Waals surface area contributed by atoms with Crippen LogP contribution in [0, 0.1) is 11.3 Å². The lowest BCUT2D eigenvalue weighted by Crippen LogP contribution is -2.66. The summed E-state index contributed by atoms with van der Waals surface area (Å²) in [6.45, 7) is 5.96. The third kappa shape index (κ3) is 2.18. The average molecular weight is 262 g/mol. The molecule has 19 heavy (non-hydrogen) atoms. The van der Waals surface area contributed by atoms with E-state index in [0.717, 1.165) is 18.6 Å². The number of hydrogen-bond acceptors (Lipinski definition) is 4. The zero-order chi connectivity index (χ0) is 13.5. The second-order valence-corrected chi connectivity index (χ2v) is 6.25. The first-order valence-electron chi connectivity index (χ1n) is 7.03. The molecule has 4 atom stereocenters. The lowest BCUT2D eigenvalue weighted by atomic mass is 9.57. The lowest BCUT2D eigenvalue weighted by molar-refractivity contribution is -0.114. The molecule has 1 aromatic heterocycles. The SMILES string of the molecule is CC1(C)C(NCC(O)c2ccncc2)C2CCOC21. The highest BCUT2D eigenvalue weighted by molar-refractivity contribution is 5.15. The number of aromatic nitrogens is 1. The van der Waals surface area contributed by atoms with Crippen molar-refractivity contribution < 1.29 is 9.84 Å². The summed E-state index contributed by atoms with van der Waals surface area (Å²) in [7, 11) is 0. The van der Waals surface area contributed by atoms with Gasteiger partial charge in [0.05, 0.1) is 12.2 Å². The van der Waals surface area contributed by atoms with Gasteiger partial charge in [-0.2, -0.15) is 0 Å². The summed E-state index contributed by atoms with van der Waals surface area (Å²) in [4.78, 5) is 3.97. The molecule has 2 fully saturated rings. The molecule has 1 aromatic rings. The first-order valence-corrected chi connectivity index (χ1v) is 7.03. The van der Waals surface area contributed by atoms with Crippen LogP contribution >= 0.6 is 0 Å². The topological polar surface area (TPSA) is 54.4 Å². The maximum absolute atomic E-state index is 10.2. The minimum absolute atomic E-state index is 0.166. The molecular weight excluding hydrogens is 240 g/mol. The first-order chi connectivity index (χ1) is 9.10. The quantitative estimate of drug-likeness (QED) is 0.864. The first kappa shape index (κ1) is 13.0. The van der Waals surface area contributed by atoms with E-state index in [1.807, 2.05) is 12.1 Å². The molecule has 1 aliphatic carbocycles.